The van der Waals surface area contributed by atoms with Gasteiger partial charge in [-0.25, -0.2) is 0 Å². The second kappa shape index (κ2) is 5.07. The van der Waals surface area contributed by atoms with Crippen molar-refractivity contribution in [3.63, 3.8) is 0 Å². The number of nitrogens with two attached hydrogens (primary N) is 1. The molecular weight excluding hydrogens is 170 g/mol. The lowest BCUT2D eigenvalue weighted by Crippen LogP contribution is -1.86. The molecule has 1 rings (SSSR count). The maximum absolute atomic E-state index is 5.71. The summed E-state index contributed by atoms with van der Waals surface area (Å²) in [4.78, 5) is 0. The molecule has 1 aromatic carbocycles. The third-order valence-electron chi connectivity index (χ3n) is 1.86. The second-order valence-corrected chi connectivity index (χ2v) is 2.98. The summed E-state index contributed by atoms with van der Waals surface area (Å²) in [5, 5.41) is 0. The van der Waals surface area contributed by atoms with Crippen LogP contribution in [0.15, 0.2) is 55.1 Å². The largest absolute Gasteiger partial charge is 0.399 e. The van der Waals surface area contributed by atoms with E-state index < -0.39 is 0 Å². The fourth-order valence-electron chi connectivity index (χ4n) is 1.27. The molecule has 1 heteroatoms. The van der Waals surface area contributed by atoms with E-state index in [9.17, 15) is 0 Å². The van der Waals surface area contributed by atoms with Crippen molar-refractivity contribution in [3.8, 4) is 0 Å². The first-order chi connectivity index (χ1) is 6.77. The Labute approximate surface area is 85.3 Å². The summed E-state index contributed by atoms with van der Waals surface area (Å²) in [6.07, 6.45) is 7.78. The Hall–Kier alpha value is -1.76. The van der Waals surface area contributed by atoms with E-state index >= 15 is 0 Å². The number of allylic oxidation sites excluding steroid dienone is 5. The highest BCUT2D eigenvalue weighted by Gasteiger charge is 1.96. The molecule has 2 N–H and O–H groups in total. The molecule has 0 unspecified atom stereocenters. The minimum atomic E-state index is 0.780. The van der Waals surface area contributed by atoms with Gasteiger partial charge < -0.3 is 5.73 Å². The second-order valence-electron chi connectivity index (χ2n) is 2.98. The Balaban J connectivity index is 3.11. The van der Waals surface area contributed by atoms with Crippen LogP contribution in [0.2, 0.25) is 0 Å². The van der Waals surface area contributed by atoms with Gasteiger partial charge in [0.1, 0.15) is 0 Å². The first-order valence-corrected chi connectivity index (χ1v) is 4.59. The van der Waals surface area contributed by atoms with Gasteiger partial charge >= 0.3 is 0 Å². The van der Waals surface area contributed by atoms with Gasteiger partial charge in [-0.15, -0.1) is 0 Å². The summed E-state index contributed by atoms with van der Waals surface area (Å²) in [5.41, 5.74) is 8.73. The highest BCUT2D eigenvalue weighted by molar-refractivity contribution is 5.76. The predicted octanol–water partition coefficient (Wildman–Crippen LogP) is 3.41. The Morgan fingerprint density at radius 3 is 2.79 bits per heavy atom. The fraction of sp³-hybridized carbons (Fsp3) is 0.0769. The van der Waals surface area contributed by atoms with Crippen LogP contribution in [0.3, 0.4) is 0 Å². The van der Waals surface area contributed by atoms with Gasteiger partial charge in [-0.05, 0) is 30.2 Å². The lowest BCUT2D eigenvalue weighted by atomic mass is 10.0. The number of nitrogen functional groups attached to an aromatic ring is 1. The Kier molecular flexibility index (Phi) is 3.74. The molecule has 0 aliphatic heterocycles. The van der Waals surface area contributed by atoms with Crippen LogP contribution in [0, 0.1) is 0 Å². The van der Waals surface area contributed by atoms with E-state index in [0.29, 0.717) is 0 Å². The van der Waals surface area contributed by atoms with Crippen LogP contribution in [0.5, 0.6) is 0 Å². The molecule has 0 heterocycles. The van der Waals surface area contributed by atoms with Crippen molar-refractivity contribution in [2.24, 2.45) is 0 Å². The van der Waals surface area contributed by atoms with Gasteiger partial charge in [0, 0.05) is 5.69 Å². The van der Waals surface area contributed by atoms with Gasteiger partial charge in [-0.3, -0.25) is 0 Å². The maximum atomic E-state index is 5.71. The smallest absolute Gasteiger partial charge is 0.0320 e. The van der Waals surface area contributed by atoms with E-state index in [1.165, 1.54) is 0 Å². The Morgan fingerprint density at radius 1 is 1.43 bits per heavy atom. The number of hydrogen-bond acceptors (Lipinski definition) is 1. The van der Waals surface area contributed by atoms with Crippen molar-refractivity contribution < 1.29 is 0 Å². The minimum absolute atomic E-state index is 0.780. The third-order valence-corrected chi connectivity index (χ3v) is 1.86. The van der Waals surface area contributed by atoms with Gasteiger partial charge in [0.15, 0.2) is 0 Å². The maximum Gasteiger partial charge on any atom is 0.0320 e. The van der Waals surface area contributed by atoms with Crippen LogP contribution in [-0.2, 0) is 0 Å². The quantitative estimate of drug-likeness (QED) is 0.566. The molecule has 0 aliphatic rings. The zero-order valence-electron chi connectivity index (χ0n) is 8.40. The molecule has 0 bridgehead atoms. The van der Waals surface area contributed by atoms with Gasteiger partial charge in [-0.1, -0.05) is 43.0 Å². The van der Waals surface area contributed by atoms with Crippen LogP contribution in [0.1, 0.15) is 12.5 Å². The number of rotatable bonds is 3. The van der Waals surface area contributed by atoms with E-state index in [1.54, 1.807) is 6.08 Å². The molecular formula is C13H15N. The number of benzene rings is 1. The predicted molar refractivity (Wildman–Crippen MR) is 63.8 cm³/mol. The highest BCUT2D eigenvalue weighted by Crippen LogP contribution is 2.18. The molecule has 0 spiro atoms. The standard InChI is InChI=1S/C13H15N/c1-3-6-11(7-4-2)12-8-5-9-13(14)10-12/h3-10H,1,14H2,2H3. The Bertz CT molecular complexity index is 373. The van der Waals surface area contributed by atoms with Crippen molar-refractivity contribution in [1.29, 1.82) is 0 Å². The molecule has 0 atom stereocenters. The van der Waals surface area contributed by atoms with Crippen LogP contribution >= 0.6 is 0 Å². The molecule has 0 aliphatic carbocycles. The SMILES string of the molecule is C=CC=C(C=CC)c1cccc(N)c1. The lowest BCUT2D eigenvalue weighted by Gasteiger charge is -2.02. The van der Waals surface area contributed by atoms with Gasteiger partial charge in [-0.2, -0.15) is 0 Å². The minimum Gasteiger partial charge on any atom is -0.399 e. The van der Waals surface area contributed by atoms with Crippen molar-refractivity contribution >= 4 is 11.3 Å². The molecule has 0 aromatic heterocycles. The van der Waals surface area contributed by atoms with Crippen molar-refractivity contribution in [3.05, 3.63) is 60.7 Å². The van der Waals surface area contributed by atoms with E-state index in [1.807, 2.05) is 49.4 Å². The van der Waals surface area contributed by atoms with Gasteiger partial charge in [0.05, 0.1) is 0 Å². The molecule has 14 heavy (non-hydrogen) atoms. The Morgan fingerprint density at radius 2 is 2.21 bits per heavy atom. The van der Waals surface area contributed by atoms with E-state index in [4.69, 9.17) is 5.73 Å². The van der Waals surface area contributed by atoms with Crippen molar-refractivity contribution in [2.75, 3.05) is 5.73 Å². The average molecular weight is 185 g/mol. The van der Waals surface area contributed by atoms with E-state index in [2.05, 4.69) is 6.58 Å². The fourth-order valence-corrected chi connectivity index (χ4v) is 1.27. The summed E-state index contributed by atoms with van der Waals surface area (Å²) >= 11 is 0. The topological polar surface area (TPSA) is 26.0 Å². The summed E-state index contributed by atoms with van der Waals surface area (Å²) in [5.74, 6) is 0. The molecule has 0 radical (unpaired) electrons. The molecule has 0 saturated heterocycles. The third kappa shape index (κ3) is 2.63. The summed E-state index contributed by atoms with van der Waals surface area (Å²) in [6.45, 7) is 5.68. The molecule has 0 amide bonds. The van der Waals surface area contributed by atoms with Crippen LogP contribution in [0.25, 0.3) is 5.57 Å². The zero-order valence-corrected chi connectivity index (χ0v) is 8.40. The van der Waals surface area contributed by atoms with Crippen LogP contribution in [0.4, 0.5) is 5.69 Å². The lowest BCUT2D eigenvalue weighted by molar-refractivity contribution is 1.60. The zero-order chi connectivity index (χ0) is 10.4. The summed E-state index contributed by atoms with van der Waals surface area (Å²) in [6, 6.07) is 7.82. The van der Waals surface area contributed by atoms with Crippen molar-refractivity contribution in [2.45, 2.75) is 6.92 Å². The molecule has 0 saturated carbocycles. The molecule has 72 valence electrons. The van der Waals surface area contributed by atoms with E-state index in [0.717, 1.165) is 16.8 Å². The normalized spacial score (nSPS) is 11.9. The number of hydrogen-bond donors (Lipinski definition) is 1. The molecule has 1 nitrogen and oxygen atoms in total. The molecule has 0 fully saturated rings. The first-order valence-electron chi connectivity index (χ1n) is 4.59. The summed E-state index contributed by atoms with van der Waals surface area (Å²) in [7, 11) is 0. The first kappa shape index (κ1) is 10.3. The van der Waals surface area contributed by atoms with Crippen molar-refractivity contribution in [1.82, 2.24) is 0 Å². The summed E-state index contributed by atoms with van der Waals surface area (Å²) < 4.78 is 0. The van der Waals surface area contributed by atoms with E-state index in [-0.39, 0.29) is 0 Å². The van der Waals surface area contributed by atoms with Crippen LogP contribution < -0.4 is 5.73 Å². The highest BCUT2D eigenvalue weighted by atomic mass is 14.5. The van der Waals surface area contributed by atoms with Crippen LogP contribution in [-0.4, -0.2) is 0 Å². The van der Waals surface area contributed by atoms with Gasteiger partial charge in [0.2, 0.25) is 0 Å². The average Bonchev–Trinajstić information content (AvgIpc) is 2.17. The number of anilines is 1. The van der Waals surface area contributed by atoms with Gasteiger partial charge in [0.25, 0.3) is 0 Å². The molecule has 1 aromatic rings. The monoisotopic (exact) mass is 185 g/mol.